The number of methoxy groups -OCH3 is 1. The van der Waals surface area contributed by atoms with Crippen LogP contribution in [0.25, 0.3) is 0 Å². The van der Waals surface area contributed by atoms with Gasteiger partial charge in [-0.25, -0.2) is 0 Å². The maximum absolute atomic E-state index is 5.79. The summed E-state index contributed by atoms with van der Waals surface area (Å²) in [7, 11) is 1.67. The molecule has 0 fully saturated rings. The maximum Gasteiger partial charge on any atom is 0.118 e. The van der Waals surface area contributed by atoms with Crippen LogP contribution in [0, 0.1) is 0 Å². The molecule has 0 saturated heterocycles. The third-order valence-electron chi connectivity index (χ3n) is 2.11. The number of halogens is 1. The van der Waals surface area contributed by atoms with Gasteiger partial charge in [-0.05, 0) is 31.5 Å². The van der Waals surface area contributed by atoms with Gasteiger partial charge in [-0.15, -0.1) is 0 Å². The summed E-state index contributed by atoms with van der Waals surface area (Å²) in [5.41, 5.74) is 1.12. The fourth-order valence-corrected chi connectivity index (χ4v) is 1.26. The van der Waals surface area contributed by atoms with E-state index in [1.807, 2.05) is 24.3 Å². The average Bonchev–Trinajstić information content (AvgIpc) is 2.27. The zero-order chi connectivity index (χ0) is 11.3. The number of hydrogen-bond acceptors (Lipinski definition) is 2. The predicted molar refractivity (Wildman–Crippen MR) is 70.7 cm³/mol. The Kier molecular flexibility index (Phi) is 4.86. The molecule has 1 aromatic carbocycles. The molecule has 0 aliphatic heterocycles. The van der Waals surface area contributed by atoms with Crippen molar-refractivity contribution in [3.05, 3.63) is 29.8 Å². The van der Waals surface area contributed by atoms with Crippen molar-refractivity contribution in [2.24, 2.45) is 0 Å². The van der Waals surface area contributed by atoms with E-state index in [2.05, 4.69) is 36.4 Å². The highest BCUT2D eigenvalue weighted by atomic mass is 127. The zero-order valence-electron chi connectivity index (χ0n) is 9.42. The Morgan fingerprint density at radius 3 is 2.27 bits per heavy atom. The van der Waals surface area contributed by atoms with E-state index in [0.717, 1.165) is 10.2 Å². The molecule has 1 rings (SSSR count). The van der Waals surface area contributed by atoms with E-state index in [-0.39, 0.29) is 5.60 Å². The molecular weight excluding hydrogens is 303 g/mol. The Labute approximate surface area is 105 Å². The molecule has 0 heterocycles. The first kappa shape index (κ1) is 12.8. The lowest BCUT2D eigenvalue weighted by molar-refractivity contribution is -0.00908. The van der Waals surface area contributed by atoms with Crippen LogP contribution in [0.2, 0.25) is 0 Å². The van der Waals surface area contributed by atoms with E-state index in [4.69, 9.17) is 9.47 Å². The summed E-state index contributed by atoms with van der Waals surface area (Å²) in [5.74, 6) is 0.881. The van der Waals surface area contributed by atoms with Gasteiger partial charge in [0.25, 0.3) is 0 Å². The second-order valence-corrected chi connectivity index (χ2v) is 4.79. The van der Waals surface area contributed by atoms with Crippen molar-refractivity contribution >= 4 is 22.6 Å². The molecule has 0 aromatic heterocycles. The second kappa shape index (κ2) is 5.70. The van der Waals surface area contributed by atoms with E-state index in [1.165, 1.54) is 5.56 Å². The molecule has 0 spiro atoms. The molecule has 2 nitrogen and oxygen atoms in total. The van der Waals surface area contributed by atoms with Gasteiger partial charge in [0.15, 0.2) is 0 Å². The first-order chi connectivity index (χ1) is 7.07. The molecule has 3 heteroatoms. The molecule has 0 amide bonds. The minimum Gasteiger partial charge on any atom is -0.497 e. The second-order valence-electron chi connectivity index (χ2n) is 4.03. The molecule has 1 aromatic rings. The van der Waals surface area contributed by atoms with Crippen LogP contribution in [0.3, 0.4) is 0 Å². The van der Waals surface area contributed by atoms with Gasteiger partial charge in [0.2, 0.25) is 0 Å². The normalized spacial score (nSPS) is 11.5. The third kappa shape index (κ3) is 4.38. The third-order valence-corrected chi connectivity index (χ3v) is 3.95. The Morgan fingerprint density at radius 2 is 1.80 bits per heavy atom. The van der Waals surface area contributed by atoms with E-state index < -0.39 is 0 Å². The summed E-state index contributed by atoms with van der Waals surface area (Å²) < 4.78 is 11.9. The van der Waals surface area contributed by atoms with Crippen LogP contribution in [0.4, 0.5) is 0 Å². The number of ether oxygens (including phenoxy) is 2. The van der Waals surface area contributed by atoms with Crippen molar-refractivity contribution in [2.45, 2.75) is 26.1 Å². The molecule has 0 atom stereocenters. The quantitative estimate of drug-likeness (QED) is 0.611. The fraction of sp³-hybridized carbons (Fsp3) is 0.500. The SMILES string of the molecule is COc1ccc(COC(C)(C)CI)cc1. The molecule has 0 radical (unpaired) electrons. The maximum atomic E-state index is 5.79. The van der Waals surface area contributed by atoms with Gasteiger partial charge in [0.05, 0.1) is 19.3 Å². The Bertz CT molecular complexity index is 293. The van der Waals surface area contributed by atoms with Gasteiger partial charge < -0.3 is 9.47 Å². The molecule has 0 aliphatic rings. The van der Waals surface area contributed by atoms with Crippen LogP contribution < -0.4 is 4.74 Å². The summed E-state index contributed by atoms with van der Waals surface area (Å²) in [6.45, 7) is 4.85. The largest absolute Gasteiger partial charge is 0.497 e. The summed E-state index contributed by atoms with van der Waals surface area (Å²) >= 11 is 2.34. The van der Waals surface area contributed by atoms with E-state index >= 15 is 0 Å². The predicted octanol–water partition coefficient (Wildman–Crippen LogP) is 3.43. The van der Waals surface area contributed by atoms with Gasteiger partial charge in [0, 0.05) is 4.43 Å². The lowest BCUT2D eigenvalue weighted by Gasteiger charge is -2.22. The van der Waals surface area contributed by atoms with Gasteiger partial charge in [-0.1, -0.05) is 34.7 Å². The van der Waals surface area contributed by atoms with E-state index in [0.29, 0.717) is 6.61 Å². The van der Waals surface area contributed by atoms with E-state index in [1.54, 1.807) is 7.11 Å². The highest BCUT2D eigenvalue weighted by molar-refractivity contribution is 14.1. The number of rotatable bonds is 5. The van der Waals surface area contributed by atoms with Crippen LogP contribution in [0.15, 0.2) is 24.3 Å². The first-order valence-corrected chi connectivity index (χ1v) is 6.43. The van der Waals surface area contributed by atoms with Crippen LogP contribution in [-0.4, -0.2) is 17.1 Å². The van der Waals surface area contributed by atoms with Gasteiger partial charge in [0.1, 0.15) is 5.75 Å². The van der Waals surface area contributed by atoms with E-state index in [9.17, 15) is 0 Å². The van der Waals surface area contributed by atoms with Crippen LogP contribution in [-0.2, 0) is 11.3 Å². The zero-order valence-corrected chi connectivity index (χ0v) is 11.6. The van der Waals surface area contributed by atoms with Gasteiger partial charge in [-0.3, -0.25) is 0 Å². The van der Waals surface area contributed by atoms with Crippen molar-refractivity contribution in [3.8, 4) is 5.75 Å². The lowest BCUT2D eigenvalue weighted by atomic mass is 10.2. The van der Waals surface area contributed by atoms with Crippen molar-refractivity contribution in [1.29, 1.82) is 0 Å². The Hall–Kier alpha value is -0.290. The molecule has 0 unspecified atom stereocenters. The monoisotopic (exact) mass is 320 g/mol. The highest BCUT2D eigenvalue weighted by Gasteiger charge is 2.15. The fourth-order valence-electron chi connectivity index (χ4n) is 1.04. The van der Waals surface area contributed by atoms with Crippen molar-refractivity contribution < 1.29 is 9.47 Å². The smallest absolute Gasteiger partial charge is 0.118 e. The summed E-state index contributed by atoms with van der Waals surface area (Å²) in [5, 5.41) is 0. The molecular formula is C12H17IO2. The van der Waals surface area contributed by atoms with Gasteiger partial charge >= 0.3 is 0 Å². The number of hydrogen-bond donors (Lipinski definition) is 0. The van der Waals surface area contributed by atoms with Crippen molar-refractivity contribution in [1.82, 2.24) is 0 Å². The van der Waals surface area contributed by atoms with Gasteiger partial charge in [-0.2, -0.15) is 0 Å². The summed E-state index contributed by atoms with van der Waals surface area (Å²) in [6.07, 6.45) is 0. The van der Waals surface area contributed by atoms with Crippen LogP contribution in [0.5, 0.6) is 5.75 Å². The van der Waals surface area contributed by atoms with Crippen LogP contribution in [0.1, 0.15) is 19.4 Å². The lowest BCUT2D eigenvalue weighted by Crippen LogP contribution is -2.25. The topological polar surface area (TPSA) is 18.5 Å². The number of benzene rings is 1. The Morgan fingerprint density at radius 1 is 1.20 bits per heavy atom. The molecule has 0 aliphatic carbocycles. The molecule has 84 valence electrons. The molecule has 0 N–H and O–H groups in total. The number of alkyl halides is 1. The first-order valence-electron chi connectivity index (χ1n) is 4.90. The molecule has 0 bridgehead atoms. The standard InChI is InChI=1S/C12H17IO2/c1-12(2,9-13)15-8-10-4-6-11(14-3)7-5-10/h4-7H,8-9H2,1-3H3. The van der Waals surface area contributed by atoms with Crippen molar-refractivity contribution in [3.63, 3.8) is 0 Å². The molecule has 0 saturated carbocycles. The summed E-state index contributed by atoms with van der Waals surface area (Å²) in [4.78, 5) is 0. The Balaban J connectivity index is 2.51. The highest BCUT2D eigenvalue weighted by Crippen LogP contribution is 2.17. The minimum atomic E-state index is -0.0551. The average molecular weight is 320 g/mol. The molecule has 15 heavy (non-hydrogen) atoms. The van der Waals surface area contributed by atoms with Crippen molar-refractivity contribution in [2.75, 3.05) is 11.5 Å². The minimum absolute atomic E-state index is 0.0551. The summed E-state index contributed by atoms with van der Waals surface area (Å²) in [6, 6.07) is 7.97. The van der Waals surface area contributed by atoms with Crippen LogP contribution >= 0.6 is 22.6 Å².